The maximum absolute atomic E-state index is 11.7. The minimum Gasteiger partial charge on any atom is -0.367 e. The van der Waals surface area contributed by atoms with Crippen molar-refractivity contribution >= 4 is 29.1 Å². The van der Waals surface area contributed by atoms with Crippen molar-refractivity contribution < 1.29 is 4.79 Å². The van der Waals surface area contributed by atoms with Crippen LogP contribution in [0.1, 0.15) is 5.56 Å². The molecule has 1 aromatic carbocycles. The lowest BCUT2D eigenvalue weighted by Crippen LogP contribution is -2.47. The van der Waals surface area contributed by atoms with Crippen LogP contribution in [-0.4, -0.2) is 65.5 Å². The lowest BCUT2D eigenvalue weighted by atomic mass is 10.1. The van der Waals surface area contributed by atoms with Crippen molar-refractivity contribution in [3.8, 4) is 11.1 Å². The zero-order valence-electron chi connectivity index (χ0n) is 18.0. The number of hydrogen-bond donors (Lipinski definition) is 1. The lowest BCUT2D eigenvalue weighted by Gasteiger charge is -2.35. The zero-order chi connectivity index (χ0) is 22.5. The van der Waals surface area contributed by atoms with Crippen LogP contribution in [0, 0.1) is 0 Å². The maximum Gasteiger partial charge on any atom is 0.236 e. The average molecular weight is 452 g/mol. The highest BCUT2D eigenvalue weighted by Crippen LogP contribution is 2.23. The molecule has 0 unspecified atom stereocenters. The number of aromatic nitrogens is 3. The molecule has 166 valence electrons. The van der Waals surface area contributed by atoms with E-state index in [-0.39, 0.29) is 12.5 Å². The molecule has 0 aliphatic carbocycles. The van der Waals surface area contributed by atoms with E-state index in [0.29, 0.717) is 11.6 Å². The highest BCUT2D eigenvalue weighted by molar-refractivity contribution is 6.30. The molecule has 9 heteroatoms. The van der Waals surface area contributed by atoms with E-state index in [9.17, 15) is 4.79 Å². The number of hydrogen-bond acceptors (Lipinski definition) is 7. The van der Waals surface area contributed by atoms with E-state index in [1.54, 1.807) is 18.1 Å². The third kappa shape index (κ3) is 5.15. The van der Waals surface area contributed by atoms with Crippen LogP contribution in [0.4, 0.5) is 11.6 Å². The van der Waals surface area contributed by atoms with E-state index in [1.165, 1.54) is 0 Å². The summed E-state index contributed by atoms with van der Waals surface area (Å²) in [6.07, 6.45) is 7.18. The van der Waals surface area contributed by atoms with Crippen molar-refractivity contribution in [1.29, 1.82) is 0 Å². The summed E-state index contributed by atoms with van der Waals surface area (Å²) < 4.78 is 0. The van der Waals surface area contributed by atoms with Crippen LogP contribution in [0.25, 0.3) is 11.1 Å². The average Bonchev–Trinajstić information content (AvgIpc) is 2.84. The van der Waals surface area contributed by atoms with Crippen LogP contribution >= 0.6 is 11.6 Å². The fourth-order valence-electron chi connectivity index (χ4n) is 3.74. The molecule has 4 rings (SSSR count). The molecular weight excluding hydrogens is 426 g/mol. The molecule has 1 aliphatic rings. The van der Waals surface area contributed by atoms with Crippen molar-refractivity contribution in [1.82, 2.24) is 19.9 Å². The SMILES string of the molecule is CN(Cc1cccc(-c2cnc(N3CCN(c4cncc(Cl)c4)CC3)nc2)c1)C(=O)CN. The quantitative estimate of drug-likeness (QED) is 0.615. The summed E-state index contributed by atoms with van der Waals surface area (Å²) in [5.74, 6) is 0.636. The summed E-state index contributed by atoms with van der Waals surface area (Å²) in [4.78, 5) is 31.2. The number of benzene rings is 1. The van der Waals surface area contributed by atoms with Gasteiger partial charge in [-0.15, -0.1) is 0 Å². The third-order valence-corrected chi connectivity index (χ3v) is 5.74. The number of pyridine rings is 1. The van der Waals surface area contributed by atoms with Gasteiger partial charge in [0.1, 0.15) is 0 Å². The number of rotatable bonds is 6. The summed E-state index contributed by atoms with van der Waals surface area (Å²) in [7, 11) is 1.75. The van der Waals surface area contributed by atoms with Gasteiger partial charge in [-0.05, 0) is 23.3 Å². The normalized spacial score (nSPS) is 13.8. The molecule has 1 amide bonds. The van der Waals surface area contributed by atoms with E-state index in [0.717, 1.165) is 54.5 Å². The first-order valence-corrected chi connectivity index (χ1v) is 10.9. The minimum atomic E-state index is -0.0881. The van der Waals surface area contributed by atoms with E-state index in [4.69, 9.17) is 17.3 Å². The highest BCUT2D eigenvalue weighted by atomic mass is 35.5. The first kappa shape index (κ1) is 22.0. The van der Waals surface area contributed by atoms with Crippen molar-refractivity contribution in [2.75, 3.05) is 49.6 Å². The molecule has 0 radical (unpaired) electrons. The standard InChI is InChI=1S/C23H26ClN7O/c1-29(22(32)11-25)16-17-3-2-4-18(9-17)19-12-27-23(28-13-19)31-7-5-30(6-8-31)21-10-20(24)14-26-15-21/h2-4,9-10,12-15H,5-8,11,16,25H2,1H3. The molecule has 2 N–H and O–H groups in total. The predicted octanol–water partition coefficient (Wildman–Crippen LogP) is 2.44. The van der Waals surface area contributed by atoms with Crippen LogP contribution in [0.15, 0.2) is 55.1 Å². The van der Waals surface area contributed by atoms with Gasteiger partial charge in [-0.2, -0.15) is 0 Å². The molecule has 1 saturated heterocycles. The summed E-state index contributed by atoms with van der Waals surface area (Å²) >= 11 is 6.07. The summed E-state index contributed by atoms with van der Waals surface area (Å²) in [6.45, 7) is 3.87. The molecule has 32 heavy (non-hydrogen) atoms. The molecule has 0 saturated carbocycles. The Morgan fingerprint density at radius 1 is 1.03 bits per heavy atom. The van der Waals surface area contributed by atoms with Gasteiger partial charge in [0, 0.05) is 63.9 Å². The second-order valence-corrected chi connectivity index (χ2v) is 8.20. The Morgan fingerprint density at radius 2 is 1.75 bits per heavy atom. The second-order valence-electron chi connectivity index (χ2n) is 7.76. The fourth-order valence-corrected chi connectivity index (χ4v) is 3.91. The fraction of sp³-hybridized carbons (Fsp3) is 0.304. The molecule has 3 aromatic rings. The van der Waals surface area contributed by atoms with E-state index >= 15 is 0 Å². The van der Waals surface area contributed by atoms with Gasteiger partial charge in [0.05, 0.1) is 23.5 Å². The Kier molecular flexibility index (Phi) is 6.82. The molecule has 3 heterocycles. The summed E-state index contributed by atoms with van der Waals surface area (Å²) in [5, 5.41) is 0.644. The van der Waals surface area contributed by atoms with Crippen molar-refractivity contribution in [2.45, 2.75) is 6.54 Å². The summed E-state index contributed by atoms with van der Waals surface area (Å²) in [6, 6.07) is 9.98. The zero-order valence-corrected chi connectivity index (χ0v) is 18.7. The predicted molar refractivity (Wildman–Crippen MR) is 127 cm³/mol. The Balaban J connectivity index is 1.40. The van der Waals surface area contributed by atoms with Gasteiger partial charge in [0.2, 0.25) is 11.9 Å². The Bertz CT molecular complexity index is 1070. The van der Waals surface area contributed by atoms with Crippen molar-refractivity contribution in [3.63, 3.8) is 0 Å². The van der Waals surface area contributed by atoms with Gasteiger partial charge in [-0.25, -0.2) is 9.97 Å². The number of halogens is 1. The number of piperazine rings is 1. The number of amides is 1. The molecule has 0 spiro atoms. The summed E-state index contributed by atoms with van der Waals surface area (Å²) in [5.41, 5.74) is 9.46. The van der Waals surface area contributed by atoms with Crippen molar-refractivity contribution in [3.05, 3.63) is 65.7 Å². The van der Waals surface area contributed by atoms with Gasteiger partial charge in [-0.3, -0.25) is 9.78 Å². The minimum absolute atomic E-state index is 0.00966. The number of likely N-dealkylation sites (N-methyl/N-ethyl adjacent to an activating group) is 1. The number of anilines is 2. The second kappa shape index (κ2) is 9.93. The largest absolute Gasteiger partial charge is 0.367 e. The first-order valence-electron chi connectivity index (χ1n) is 10.5. The van der Waals surface area contributed by atoms with Gasteiger partial charge in [0.15, 0.2) is 0 Å². The molecule has 1 fully saturated rings. The number of carbonyl (C=O) groups excluding carboxylic acids is 1. The Labute approximate surface area is 192 Å². The van der Waals surface area contributed by atoms with Crippen LogP contribution in [0.3, 0.4) is 0 Å². The smallest absolute Gasteiger partial charge is 0.236 e. The van der Waals surface area contributed by atoms with Crippen LogP contribution in [0.5, 0.6) is 0 Å². The molecule has 1 aliphatic heterocycles. The Hall–Kier alpha value is -3.23. The van der Waals surface area contributed by atoms with Gasteiger partial charge < -0.3 is 20.4 Å². The number of carbonyl (C=O) groups is 1. The van der Waals surface area contributed by atoms with Crippen LogP contribution in [-0.2, 0) is 11.3 Å². The molecule has 0 atom stereocenters. The van der Waals surface area contributed by atoms with Crippen molar-refractivity contribution in [2.24, 2.45) is 5.73 Å². The monoisotopic (exact) mass is 451 g/mol. The first-order chi connectivity index (χ1) is 15.5. The van der Waals surface area contributed by atoms with E-state index in [1.807, 2.05) is 42.9 Å². The molecule has 2 aromatic heterocycles. The van der Waals surface area contributed by atoms with Gasteiger partial charge >= 0.3 is 0 Å². The third-order valence-electron chi connectivity index (χ3n) is 5.54. The van der Waals surface area contributed by atoms with Crippen LogP contribution in [0.2, 0.25) is 5.02 Å². The van der Waals surface area contributed by atoms with Crippen LogP contribution < -0.4 is 15.5 Å². The molecular formula is C23H26ClN7O. The number of nitrogens with zero attached hydrogens (tertiary/aromatic N) is 6. The van der Waals surface area contributed by atoms with E-state index in [2.05, 4.69) is 30.8 Å². The molecule has 8 nitrogen and oxygen atoms in total. The lowest BCUT2D eigenvalue weighted by molar-refractivity contribution is -0.128. The Morgan fingerprint density at radius 3 is 2.44 bits per heavy atom. The maximum atomic E-state index is 11.7. The van der Waals surface area contributed by atoms with E-state index < -0.39 is 0 Å². The number of nitrogens with two attached hydrogens (primary N) is 1. The van der Waals surface area contributed by atoms with Gasteiger partial charge in [-0.1, -0.05) is 29.8 Å². The topological polar surface area (TPSA) is 91.5 Å². The molecule has 0 bridgehead atoms. The highest BCUT2D eigenvalue weighted by Gasteiger charge is 2.19. The van der Waals surface area contributed by atoms with Gasteiger partial charge in [0.25, 0.3) is 0 Å².